The van der Waals surface area contributed by atoms with Gasteiger partial charge in [0.05, 0.1) is 24.3 Å². The van der Waals surface area contributed by atoms with Gasteiger partial charge in [0.1, 0.15) is 0 Å². The third-order valence-corrected chi connectivity index (χ3v) is 3.72. The fraction of sp³-hybridized carbons (Fsp3) is 0.538. The van der Waals surface area contributed by atoms with Crippen LogP contribution < -0.4 is 10.2 Å². The Morgan fingerprint density at radius 3 is 2.58 bits per heavy atom. The van der Waals surface area contributed by atoms with Crippen LogP contribution in [0, 0.1) is 0 Å². The van der Waals surface area contributed by atoms with E-state index in [9.17, 15) is 13.2 Å². The van der Waals surface area contributed by atoms with Crippen LogP contribution in [-0.2, 0) is 10.9 Å². The Hall–Kier alpha value is -1.27. The monoisotopic (exact) mass is 272 g/mol. The summed E-state index contributed by atoms with van der Waals surface area (Å²) in [4.78, 5) is 2.13. The predicted octanol–water partition coefficient (Wildman–Crippen LogP) is 1.88. The Balaban J connectivity index is 1.82. The van der Waals surface area contributed by atoms with Gasteiger partial charge >= 0.3 is 6.18 Å². The largest absolute Gasteiger partial charge is 0.416 e. The summed E-state index contributed by atoms with van der Waals surface area (Å²) in [7, 11) is 0. The Labute approximate surface area is 109 Å². The van der Waals surface area contributed by atoms with E-state index in [-0.39, 0.29) is 12.1 Å². The smallest absolute Gasteiger partial charge is 0.373 e. The van der Waals surface area contributed by atoms with Crippen LogP contribution in [0.15, 0.2) is 24.3 Å². The second-order valence-corrected chi connectivity index (χ2v) is 4.87. The molecule has 2 unspecified atom stereocenters. The lowest BCUT2D eigenvalue weighted by molar-refractivity contribution is -0.137. The Bertz CT molecular complexity index is 446. The summed E-state index contributed by atoms with van der Waals surface area (Å²) < 4.78 is 43.2. The van der Waals surface area contributed by atoms with Crippen molar-refractivity contribution in [1.82, 2.24) is 5.32 Å². The minimum atomic E-state index is -4.28. The quantitative estimate of drug-likeness (QED) is 0.845. The Morgan fingerprint density at radius 1 is 1.16 bits per heavy atom. The summed E-state index contributed by atoms with van der Waals surface area (Å²) in [5.74, 6) is 0. The fourth-order valence-corrected chi connectivity index (χ4v) is 2.75. The molecule has 2 heterocycles. The normalized spacial score (nSPS) is 27.4. The van der Waals surface area contributed by atoms with E-state index < -0.39 is 11.7 Å². The highest BCUT2D eigenvalue weighted by Crippen LogP contribution is 2.32. The maximum Gasteiger partial charge on any atom is 0.416 e. The molecule has 0 spiro atoms. The van der Waals surface area contributed by atoms with Gasteiger partial charge in [0, 0.05) is 25.3 Å². The SMILES string of the molecule is FC(F)(F)c1ccc(N2CCOC3CNCC32)cc1. The first-order valence-corrected chi connectivity index (χ1v) is 6.32. The van der Waals surface area contributed by atoms with Crippen LogP contribution in [0.4, 0.5) is 18.9 Å². The highest BCUT2D eigenvalue weighted by Gasteiger charge is 2.36. The van der Waals surface area contributed by atoms with Crippen molar-refractivity contribution in [3.8, 4) is 0 Å². The molecule has 2 saturated heterocycles. The van der Waals surface area contributed by atoms with Crippen molar-refractivity contribution < 1.29 is 17.9 Å². The van der Waals surface area contributed by atoms with Gasteiger partial charge in [0.25, 0.3) is 0 Å². The van der Waals surface area contributed by atoms with Crippen molar-refractivity contribution >= 4 is 5.69 Å². The van der Waals surface area contributed by atoms with E-state index in [4.69, 9.17) is 4.74 Å². The number of nitrogens with zero attached hydrogens (tertiary/aromatic N) is 1. The molecule has 0 radical (unpaired) electrons. The average Bonchev–Trinajstić information content (AvgIpc) is 2.86. The summed E-state index contributed by atoms with van der Waals surface area (Å²) in [6.07, 6.45) is -4.14. The van der Waals surface area contributed by atoms with Crippen LogP contribution in [0.3, 0.4) is 0 Å². The molecule has 2 aliphatic heterocycles. The van der Waals surface area contributed by atoms with Crippen LogP contribution >= 0.6 is 0 Å². The molecule has 3 rings (SSSR count). The minimum absolute atomic E-state index is 0.135. The van der Waals surface area contributed by atoms with E-state index in [1.165, 1.54) is 0 Å². The molecular weight excluding hydrogens is 257 g/mol. The van der Waals surface area contributed by atoms with Gasteiger partial charge in [0.2, 0.25) is 0 Å². The van der Waals surface area contributed by atoms with E-state index in [1.54, 1.807) is 12.1 Å². The maximum atomic E-state index is 12.5. The van der Waals surface area contributed by atoms with E-state index in [1.807, 2.05) is 0 Å². The van der Waals surface area contributed by atoms with Crippen molar-refractivity contribution in [3.05, 3.63) is 29.8 Å². The van der Waals surface area contributed by atoms with Crippen molar-refractivity contribution in [3.63, 3.8) is 0 Å². The Kier molecular flexibility index (Phi) is 3.14. The fourth-order valence-electron chi connectivity index (χ4n) is 2.75. The van der Waals surface area contributed by atoms with E-state index in [0.717, 1.165) is 30.9 Å². The van der Waals surface area contributed by atoms with Crippen molar-refractivity contribution in [2.75, 3.05) is 31.1 Å². The van der Waals surface area contributed by atoms with Crippen LogP contribution in [0.2, 0.25) is 0 Å². The third-order valence-electron chi connectivity index (χ3n) is 3.72. The molecule has 19 heavy (non-hydrogen) atoms. The number of alkyl halides is 3. The summed E-state index contributed by atoms with van der Waals surface area (Å²) in [5.41, 5.74) is 0.223. The van der Waals surface area contributed by atoms with Crippen molar-refractivity contribution in [1.29, 1.82) is 0 Å². The Morgan fingerprint density at radius 2 is 1.89 bits per heavy atom. The molecule has 1 N–H and O–H groups in total. The standard InChI is InChI=1S/C13H15F3N2O/c14-13(15,16)9-1-3-10(4-2-9)18-5-6-19-12-8-17-7-11(12)18/h1-4,11-12,17H,5-8H2. The summed E-state index contributed by atoms with van der Waals surface area (Å²) >= 11 is 0. The lowest BCUT2D eigenvalue weighted by Gasteiger charge is -2.38. The summed E-state index contributed by atoms with van der Waals surface area (Å²) in [6, 6.07) is 5.59. The van der Waals surface area contributed by atoms with Gasteiger partial charge in [0.15, 0.2) is 0 Å². The number of hydrogen-bond acceptors (Lipinski definition) is 3. The van der Waals surface area contributed by atoms with Crippen LogP contribution in [0.1, 0.15) is 5.56 Å². The molecule has 1 aromatic rings. The molecule has 2 fully saturated rings. The molecule has 6 heteroatoms. The van der Waals surface area contributed by atoms with Gasteiger partial charge in [-0.2, -0.15) is 13.2 Å². The van der Waals surface area contributed by atoms with Crippen LogP contribution in [0.25, 0.3) is 0 Å². The third kappa shape index (κ3) is 2.42. The number of ether oxygens (including phenoxy) is 1. The molecule has 104 valence electrons. The molecule has 3 nitrogen and oxygen atoms in total. The number of halogens is 3. The summed E-state index contributed by atoms with van der Waals surface area (Å²) in [5, 5.41) is 3.25. The molecule has 2 aliphatic rings. The van der Waals surface area contributed by atoms with Gasteiger partial charge in [-0.15, -0.1) is 0 Å². The molecule has 0 aliphatic carbocycles. The van der Waals surface area contributed by atoms with Crippen LogP contribution in [0.5, 0.6) is 0 Å². The number of anilines is 1. The molecule has 0 saturated carbocycles. The first-order valence-electron chi connectivity index (χ1n) is 6.32. The maximum absolute atomic E-state index is 12.5. The van der Waals surface area contributed by atoms with Gasteiger partial charge in [-0.1, -0.05) is 0 Å². The zero-order valence-electron chi connectivity index (χ0n) is 10.3. The topological polar surface area (TPSA) is 24.5 Å². The number of morpholine rings is 1. The lowest BCUT2D eigenvalue weighted by atomic mass is 10.1. The van der Waals surface area contributed by atoms with Crippen molar-refractivity contribution in [2.45, 2.75) is 18.3 Å². The first-order chi connectivity index (χ1) is 9.05. The van der Waals surface area contributed by atoms with E-state index >= 15 is 0 Å². The predicted molar refractivity (Wildman–Crippen MR) is 65.2 cm³/mol. The zero-order valence-corrected chi connectivity index (χ0v) is 10.3. The van der Waals surface area contributed by atoms with Gasteiger partial charge in [-0.05, 0) is 24.3 Å². The zero-order chi connectivity index (χ0) is 13.5. The number of hydrogen-bond donors (Lipinski definition) is 1. The minimum Gasteiger partial charge on any atom is -0.373 e. The van der Waals surface area contributed by atoms with Crippen molar-refractivity contribution in [2.24, 2.45) is 0 Å². The van der Waals surface area contributed by atoms with Crippen LogP contribution in [-0.4, -0.2) is 38.4 Å². The van der Waals surface area contributed by atoms with Gasteiger partial charge < -0.3 is 15.0 Å². The second kappa shape index (κ2) is 4.68. The average molecular weight is 272 g/mol. The molecule has 0 aromatic heterocycles. The number of fused-ring (bicyclic) bond motifs is 1. The molecule has 2 atom stereocenters. The number of rotatable bonds is 1. The lowest BCUT2D eigenvalue weighted by Crippen LogP contribution is -2.50. The first kappa shape index (κ1) is 12.7. The molecule has 0 amide bonds. The molecular formula is C13H15F3N2O. The van der Waals surface area contributed by atoms with E-state index in [0.29, 0.717) is 13.2 Å². The highest BCUT2D eigenvalue weighted by molar-refractivity contribution is 5.50. The summed E-state index contributed by atoms with van der Waals surface area (Å²) in [6.45, 7) is 2.95. The van der Waals surface area contributed by atoms with E-state index in [2.05, 4.69) is 10.2 Å². The highest BCUT2D eigenvalue weighted by atomic mass is 19.4. The molecule has 0 bridgehead atoms. The molecule has 1 aromatic carbocycles. The van der Waals surface area contributed by atoms with Gasteiger partial charge in [-0.3, -0.25) is 0 Å². The second-order valence-electron chi connectivity index (χ2n) is 4.87. The number of nitrogens with one attached hydrogen (secondary N) is 1. The van der Waals surface area contributed by atoms with Gasteiger partial charge in [-0.25, -0.2) is 0 Å². The number of benzene rings is 1.